The zero-order chi connectivity index (χ0) is 8.39. The van der Waals surface area contributed by atoms with Crippen LogP contribution in [0, 0.1) is 6.58 Å². The van der Waals surface area contributed by atoms with Crippen LogP contribution in [0.1, 0.15) is 5.56 Å². The summed E-state index contributed by atoms with van der Waals surface area (Å²) in [4.78, 5) is 0. The van der Waals surface area contributed by atoms with Gasteiger partial charge in [0, 0.05) is 0 Å². The Morgan fingerprint density at radius 1 is 0.917 bits per heavy atom. The maximum absolute atomic E-state index is 5.42. The molecule has 2 rings (SSSR count). The smallest absolute Gasteiger partial charge is 0.0178 e. The molecule has 0 unspecified atom stereocenters. The summed E-state index contributed by atoms with van der Waals surface area (Å²) >= 11 is 0. The summed E-state index contributed by atoms with van der Waals surface area (Å²) in [5.41, 5.74) is 1.06. The van der Waals surface area contributed by atoms with Gasteiger partial charge in [-0.1, -0.05) is 49.1 Å². The van der Waals surface area contributed by atoms with Crippen LogP contribution >= 0.6 is 0 Å². The summed E-state index contributed by atoms with van der Waals surface area (Å²) in [6.45, 7) is 5.42. The Bertz CT molecular complexity index is 413. The van der Waals surface area contributed by atoms with Crippen molar-refractivity contribution in [1.82, 2.24) is 0 Å². The summed E-state index contributed by atoms with van der Waals surface area (Å²) in [6, 6.07) is 14.4. The van der Waals surface area contributed by atoms with Gasteiger partial charge in [-0.2, -0.15) is 0 Å². The molecule has 57 valence electrons. The van der Waals surface area contributed by atoms with Crippen LogP contribution in [0.4, 0.5) is 0 Å². The Kier molecular flexibility index (Phi) is 1.67. The Morgan fingerprint density at radius 2 is 1.67 bits per heavy atom. The highest BCUT2D eigenvalue weighted by atomic mass is 14.0. The number of benzene rings is 2. The van der Waals surface area contributed by atoms with E-state index in [0.29, 0.717) is 0 Å². The molecule has 0 bridgehead atoms. The highest BCUT2D eigenvalue weighted by Gasteiger charge is 1.90. The fourth-order valence-electron chi connectivity index (χ4n) is 1.31. The lowest BCUT2D eigenvalue weighted by Gasteiger charge is -1.97. The van der Waals surface area contributed by atoms with Gasteiger partial charge < -0.3 is 0 Å². The van der Waals surface area contributed by atoms with Crippen LogP contribution in [0.15, 0.2) is 42.5 Å². The van der Waals surface area contributed by atoms with E-state index in [9.17, 15) is 0 Å². The minimum atomic E-state index is 1.06. The monoisotopic (exact) mass is 153 g/mol. The van der Waals surface area contributed by atoms with Gasteiger partial charge in [0.15, 0.2) is 0 Å². The van der Waals surface area contributed by atoms with Crippen molar-refractivity contribution in [3.8, 4) is 0 Å². The van der Waals surface area contributed by atoms with Gasteiger partial charge in [0.2, 0.25) is 0 Å². The minimum absolute atomic E-state index is 1.06. The molecule has 2 aromatic rings. The molecule has 0 aromatic heterocycles. The van der Waals surface area contributed by atoms with Crippen molar-refractivity contribution in [3.05, 3.63) is 54.6 Å². The maximum atomic E-state index is 5.42. The third-order valence-corrected chi connectivity index (χ3v) is 1.97. The Balaban J connectivity index is 2.75. The first-order valence-corrected chi connectivity index (χ1v) is 3.94. The fraction of sp³-hybridized carbons (Fsp3) is 0. The van der Waals surface area contributed by atoms with Crippen LogP contribution in [-0.2, 0) is 0 Å². The average molecular weight is 153 g/mol. The van der Waals surface area contributed by atoms with E-state index in [-0.39, 0.29) is 0 Å². The third kappa shape index (κ3) is 1.12. The SMILES string of the molecule is [CH]=Cc1ccc2ccccc2c1. The fourth-order valence-corrected chi connectivity index (χ4v) is 1.31. The topological polar surface area (TPSA) is 0 Å². The minimum Gasteiger partial charge on any atom is -0.0617 e. The molecule has 0 spiro atoms. The lowest BCUT2D eigenvalue weighted by atomic mass is 10.1. The average Bonchev–Trinajstić information content (AvgIpc) is 2.17. The van der Waals surface area contributed by atoms with Crippen molar-refractivity contribution in [3.63, 3.8) is 0 Å². The van der Waals surface area contributed by atoms with Gasteiger partial charge in [0.25, 0.3) is 0 Å². The molecule has 0 aliphatic heterocycles. The third-order valence-electron chi connectivity index (χ3n) is 1.97. The summed E-state index contributed by atoms with van der Waals surface area (Å²) in [6.07, 6.45) is 1.62. The molecular formula is C12H9. The Morgan fingerprint density at radius 3 is 2.42 bits per heavy atom. The number of hydrogen-bond acceptors (Lipinski definition) is 0. The zero-order valence-electron chi connectivity index (χ0n) is 6.70. The van der Waals surface area contributed by atoms with E-state index in [4.69, 9.17) is 6.58 Å². The van der Waals surface area contributed by atoms with Crippen LogP contribution < -0.4 is 0 Å². The molecule has 0 N–H and O–H groups in total. The van der Waals surface area contributed by atoms with Gasteiger partial charge >= 0.3 is 0 Å². The van der Waals surface area contributed by atoms with Crippen molar-refractivity contribution < 1.29 is 0 Å². The van der Waals surface area contributed by atoms with Gasteiger partial charge in [-0.05, 0) is 22.4 Å². The van der Waals surface area contributed by atoms with E-state index >= 15 is 0 Å². The highest BCUT2D eigenvalue weighted by Crippen LogP contribution is 2.15. The van der Waals surface area contributed by atoms with Gasteiger partial charge in [0.1, 0.15) is 0 Å². The first kappa shape index (κ1) is 7.11. The van der Waals surface area contributed by atoms with Crippen LogP contribution in [-0.4, -0.2) is 0 Å². The quantitative estimate of drug-likeness (QED) is 0.589. The van der Waals surface area contributed by atoms with E-state index in [0.717, 1.165) is 5.56 Å². The lowest BCUT2D eigenvalue weighted by Crippen LogP contribution is -1.73. The summed E-state index contributed by atoms with van der Waals surface area (Å²) < 4.78 is 0. The van der Waals surface area contributed by atoms with E-state index in [1.807, 2.05) is 18.2 Å². The molecular weight excluding hydrogens is 144 g/mol. The van der Waals surface area contributed by atoms with Crippen molar-refractivity contribution in [2.75, 3.05) is 0 Å². The summed E-state index contributed by atoms with van der Waals surface area (Å²) in [5, 5.41) is 2.49. The molecule has 0 atom stereocenters. The second-order valence-electron chi connectivity index (χ2n) is 2.77. The van der Waals surface area contributed by atoms with Crippen molar-refractivity contribution in [1.29, 1.82) is 0 Å². The summed E-state index contributed by atoms with van der Waals surface area (Å²) in [5.74, 6) is 0. The van der Waals surface area contributed by atoms with E-state index < -0.39 is 0 Å². The van der Waals surface area contributed by atoms with E-state index in [1.165, 1.54) is 10.8 Å². The molecule has 0 amide bonds. The number of rotatable bonds is 1. The van der Waals surface area contributed by atoms with Crippen molar-refractivity contribution >= 4 is 16.8 Å². The first-order valence-electron chi connectivity index (χ1n) is 3.94. The molecule has 2 aromatic carbocycles. The van der Waals surface area contributed by atoms with Gasteiger partial charge in [-0.15, -0.1) is 0 Å². The second-order valence-corrected chi connectivity index (χ2v) is 2.77. The zero-order valence-corrected chi connectivity index (χ0v) is 6.70. The molecule has 0 heteroatoms. The first-order chi connectivity index (χ1) is 5.90. The van der Waals surface area contributed by atoms with Crippen molar-refractivity contribution in [2.45, 2.75) is 0 Å². The molecule has 1 radical (unpaired) electrons. The molecule has 0 saturated carbocycles. The molecule has 0 aliphatic rings. The standard InChI is InChI=1S/C12H9/c1-2-10-7-8-11-5-3-4-6-12(11)9-10/h1-9H. The Hall–Kier alpha value is -1.56. The second kappa shape index (κ2) is 2.82. The van der Waals surface area contributed by atoms with Gasteiger partial charge in [-0.3, -0.25) is 0 Å². The molecule has 0 fully saturated rings. The van der Waals surface area contributed by atoms with E-state index in [1.54, 1.807) is 6.08 Å². The van der Waals surface area contributed by atoms with Gasteiger partial charge in [0.05, 0.1) is 0 Å². The van der Waals surface area contributed by atoms with Crippen molar-refractivity contribution in [2.24, 2.45) is 0 Å². The predicted molar refractivity (Wildman–Crippen MR) is 52.7 cm³/mol. The number of hydrogen-bond donors (Lipinski definition) is 0. The molecule has 12 heavy (non-hydrogen) atoms. The van der Waals surface area contributed by atoms with Crippen LogP contribution in [0.25, 0.3) is 16.8 Å². The molecule has 0 nitrogen and oxygen atoms in total. The maximum Gasteiger partial charge on any atom is -0.0178 e. The predicted octanol–water partition coefficient (Wildman–Crippen LogP) is 3.29. The van der Waals surface area contributed by atoms with Crippen LogP contribution in [0.2, 0.25) is 0 Å². The van der Waals surface area contributed by atoms with Crippen LogP contribution in [0.5, 0.6) is 0 Å². The van der Waals surface area contributed by atoms with Gasteiger partial charge in [-0.25, -0.2) is 0 Å². The Labute approximate surface area is 72.2 Å². The molecule has 0 aliphatic carbocycles. The lowest BCUT2D eigenvalue weighted by molar-refractivity contribution is 1.71. The molecule has 0 saturated heterocycles. The van der Waals surface area contributed by atoms with Crippen LogP contribution in [0.3, 0.4) is 0 Å². The highest BCUT2D eigenvalue weighted by molar-refractivity contribution is 5.84. The number of fused-ring (bicyclic) bond motifs is 1. The molecule has 0 heterocycles. The largest absolute Gasteiger partial charge is 0.0617 e. The summed E-state index contributed by atoms with van der Waals surface area (Å²) in [7, 11) is 0. The van der Waals surface area contributed by atoms with E-state index in [2.05, 4.69) is 24.3 Å². The normalized spacial score (nSPS) is 10.0.